The summed E-state index contributed by atoms with van der Waals surface area (Å²) >= 11 is 0. The highest BCUT2D eigenvalue weighted by Crippen LogP contribution is 2.19. The van der Waals surface area contributed by atoms with Crippen molar-refractivity contribution in [2.24, 2.45) is 11.1 Å². The molecule has 0 aliphatic rings. The van der Waals surface area contributed by atoms with E-state index in [0.29, 0.717) is 24.5 Å². The van der Waals surface area contributed by atoms with E-state index >= 15 is 0 Å². The Kier molecular flexibility index (Phi) is 6.85. The summed E-state index contributed by atoms with van der Waals surface area (Å²) in [4.78, 5) is 13.9. The van der Waals surface area contributed by atoms with Crippen LogP contribution in [0.3, 0.4) is 0 Å². The van der Waals surface area contributed by atoms with Gasteiger partial charge in [0.25, 0.3) is 0 Å². The molecule has 1 aromatic rings. The first kappa shape index (κ1) is 17.7. The fourth-order valence-corrected chi connectivity index (χ4v) is 2.19. The van der Waals surface area contributed by atoms with Gasteiger partial charge in [-0.1, -0.05) is 32.9 Å². The Bertz CT molecular complexity index is 458. The minimum atomic E-state index is 0.0298. The second-order valence-electron chi connectivity index (χ2n) is 6.14. The Morgan fingerprint density at radius 1 is 1.33 bits per heavy atom. The van der Waals surface area contributed by atoms with Crippen LogP contribution in [0, 0.1) is 5.41 Å². The van der Waals surface area contributed by atoms with E-state index in [-0.39, 0.29) is 11.2 Å². The van der Waals surface area contributed by atoms with Crippen LogP contribution >= 0.6 is 0 Å². The molecule has 1 aromatic carbocycles. The molecule has 118 valence electrons. The summed E-state index contributed by atoms with van der Waals surface area (Å²) in [6, 6.07) is 7.38. The summed E-state index contributed by atoms with van der Waals surface area (Å²) in [5, 5.41) is 0. The molecule has 0 saturated heterocycles. The van der Waals surface area contributed by atoms with Crippen molar-refractivity contribution in [1.82, 2.24) is 4.90 Å². The summed E-state index contributed by atoms with van der Waals surface area (Å²) in [7, 11) is 0. The van der Waals surface area contributed by atoms with Crippen LogP contribution in [0.25, 0.3) is 0 Å². The van der Waals surface area contributed by atoms with Crippen molar-refractivity contribution in [3.05, 3.63) is 29.8 Å². The number of carbonyl (C=O) groups excluding carboxylic acids is 1. The molecule has 4 nitrogen and oxygen atoms in total. The molecule has 0 amide bonds. The minimum Gasteiger partial charge on any atom is -0.491 e. The summed E-state index contributed by atoms with van der Waals surface area (Å²) in [5.74, 6) is 0.696. The van der Waals surface area contributed by atoms with Crippen LogP contribution in [0.15, 0.2) is 24.3 Å². The monoisotopic (exact) mass is 292 g/mol. The third kappa shape index (κ3) is 5.86. The van der Waals surface area contributed by atoms with E-state index in [0.717, 1.165) is 19.6 Å². The Labute approximate surface area is 128 Å². The highest BCUT2D eigenvalue weighted by Gasteiger charge is 2.19. The molecular formula is C17H28N2O2. The zero-order valence-corrected chi connectivity index (χ0v) is 13.7. The SMILES string of the molecule is CCN(CCOc1ccccc1C(C)=O)CC(C)(C)CN. The van der Waals surface area contributed by atoms with Crippen LogP contribution in [-0.4, -0.2) is 43.5 Å². The number of carbonyl (C=O) groups is 1. The number of likely N-dealkylation sites (N-methyl/N-ethyl adjacent to an activating group) is 1. The summed E-state index contributed by atoms with van der Waals surface area (Å²) in [6.07, 6.45) is 0. The van der Waals surface area contributed by atoms with Crippen LogP contribution in [-0.2, 0) is 0 Å². The molecule has 0 atom stereocenters. The summed E-state index contributed by atoms with van der Waals surface area (Å²) < 4.78 is 5.79. The maximum absolute atomic E-state index is 11.5. The van der Waals surface area contributed by atoms with E-state index in [9.17, 15) is 4.79 Å². The van der Waals surface area contributed by atoms with Crippen molar-refractivity contribution in [3.63, 3.8) is 0 Å². The number of rotatable bonds is 9. The zero-order chi connectivity index (χ0) is 15.9. The molecule has 0 spiro atoms. The predicted molar refractivity (Wildman–Crippen MR) is 86.9 cm³/mol. The van der Waals surface area contributed by atoms with Crippen LogP contribution in [0.5, 0.6) is 5.75 Å². The molecule has 1 rings (SSSR count). The van der Waals surface area contributed by atoms with Gasteiger partial charge in [0, 0.05) is 13.1 Å². The average molecular weight is 292 g/mol. The van der Waals surface area contributed by atoms with Gasteiger partial charge in [0.05, 0.1) is 5.56 Å². The number of hydrogen-bond acceptors (Lipinski definition) is 4. The molecule has 0 heterocycles. The van der Waals surface area contributed by atoms with E-state index in [1.807, 2.05) is 18.2 Å². The normalized spacial score (nSPS) is 11.7. The van der Waals surface area contributed by atoms with Crippen LogP contribution < -0.4 is 10.5 Å². The number of benzene rings is 1. The maximum atomic E-state index is 11.5. The van der Waals surface area contributed by atoms with Gasteiger partial charge in [-0.15, -0.1) is 0 Å². The molecule has 4 heteroatoms. The van der Waals surface area contributed by atoms with Gasteiger partial charge in [0.1, 0.15) is 12.4 Å². The maximum Gasteiger partial charge on any atom is 0.163 e. The number of para-hydroxylation sites is 1. The topological polar surface area (TPSA) is 55.6 Å². The molecule has 0 saturated carbocycles. The van der Waals surface area contributed by atoms with Crippen molar-refractivity contribution in [2.75, 3.05) is 32.8 Å². The van der Waals surface area contributed by atoms with E-state index in [4.69, 9.17) is 10.5 Å². The highest BCUT2D eigenvalue weighted by atomic mass is 16.5. The van der Waals surface area contributed by atoms with E-state index < -0.39 is 0 Å². The molecular weight excluding hydrogens is 264 g/mol. The van der Waals surface area contributed by atoms with E-state index in [1.54, 1.807) is 13.0 Å². The first-order valence-electron chi connectivity index (χ1n) is 7.55. The molecule has 0 bridgehead atoms. The lowest BCUT2D eigenvalue weighted by molar-refractivity contribution is 0.101. The number of hydrogen-bond donors (Lipinski definition) is 1. The number of Topliss-reactive ketones (excluding diaryl/α,β-unsaturated/α-hetero) is 1. The first-order valence-corrected chi connectivity index (χ1v) is 7.55. The van der Waals surface area contributed by atoms with Crippen molar-refractivity contribution in [1.29, 1.82) is 0 Å². The lowest BCUT2D eigenvalue weighted by atomic mass is 9.93. The first-order chi connectivity index (χ1) is 9.89. The van der Waals surface area contributed by atoms with Crippen LogP contribution in [0.2, 0.25) is 0 Å². The van der Waals surface area contributed by atoms with Crippen molar-refractivity contribution < 1.29 is 9.53 Å². The smallest absolute Gasteiger partial charge is 0.163 e. The number of ketones is 1. The molecule has 0 radical (unpaired) electrons. The van der Waals surface area contributed by atoms with Crippen LogP contribution in [0.4, 0.5) is 0 Å². The predicted octanol–water partition coefficient (Wildman–Crippen LogP) is 2.57. The van der Waals surface area contributed by atoms with Gasteiger partial charge < -0.3 is 10.5 Å². The van der Waals surface area contributed by atoms with Gasteiger partial charge >= 0.3 is 0 Å². The second-order valence-corrected chi connectivity index (χ2v) is 6.14. The molecule has 0 fully saturated rings. The number of ether oxygens (including phenoxy) is 1. The standard InChI is InChI=1S/C17H28N2O2/c1-5-19(13-17(3,4)12-18)10-11-21-16-9-7-6-8-15(16)14(2)20/h6-9H,5,10-13,18H2,1-4H3. The molecule has 0 unspecified atom stereocenters. The van der Waals surface area contributed by atoms with Crippen LogP contribution in [0.1, 0.15) is 38.1 Å². The summed E-state index contributed by atoms with van der Waals surface area (Å²) in [6.45, 7) is 12.0. The Morgan fingerprint density at radius 3 is 2.57 bits per heavy atom. The zero-order valence-electron chi connectivity index (χ0n) is 13.7. The second kappa shape index (κ2) is 8.15. The van der Waals surface area contributed by atoms with Gasteiger partial charge in [0.15, 0.2) is 5.78 Å². The molecule has 0 aliphatic carbocycles. The van der Waals surface area contributed by atoms with E-state index in [2.05, 4.69) is 25.7 Å². The largest absolute Gasteiger partial charge is 0.491 e. The van der Waals surface area contributed by atoms with Crippen molar-refractivity contribution in [3.8, 4) is 5.75 Å². The number of nitrogens with two attached hydrogens (primary N) is 1. The lowest BCUT2D eigenvalue weighted by Crippen LogP contribution is -2.40. The van der Waals surface area contributed by atoms with Gasteiger partial charge in [-0.25, -0.2) is 0 Å². The Balaban J connectivity index is 2.54. The van der Waals surface area contributed by atoms with Crippen molar-refractivity contribution >= 4 is 5.78 Å². The van der Waals surface area contributed by atoms with E-state index in [1.165, 1.54) is 0 Å². The van der Waals surface area contributed by atoms with Crippen molar-refractivity contribution in [2.45, 2.75) is 27.7 Å². The number of nitrogens with zero attached hydrogens (tertiary/aromatic N) is 1. The van der Waals surface area contributed by atoms with Gasteiger partial charge in [-0.05, 0) is 37.6 Å². The van der Waals surface area contributed by atoms with Gasteiger partial charge in [0.2, 0.25) is 0 Å². The quantitative estimate of drug-likeness (QED) is 0.711. The third-order valence-corrected chi connectivity index (χ3v) is 3.58. The summed E-state index contributed by atoms with van der Waals surface area (Å²) in [5.41, 5.74) is 6.53. The molecule has 2 N–H and O–H groups in total. The van der Waals surface area contributed by atoms with Gasteiger partial charge in [-0.2, -0.15) is 0 Å². The lowest BCUT2D eigenvalue weighted by Gasteiger charge is -2.30. The Hall–Kier alpha value is -1.39. The Morgan fingerprint density at radius 2 is 2.00 bits per heavy atom. The highest BCUT2D eigenvalue weighted by molar-refractivity contribution is 5.96. The molecule has 0 aromatic heterocycles. The van der Waals surface area contributed by atoms with Gasteiger partial charge in [-0.3, -0.25) is 9.69 Å². The molecule has 21 heavy (non-hydrogen) atoms. The minimum absolute atomic E-state index is 0.0298. The third-order valence-electron chi connectivity index (χ3n) is 3.58. The average Bonchev–Trinajstić information content (AvgIpc) is 2.46. The fraction of sp³-hybridized carbons (Fsp3) is 0.588. The molecule has 0 aliphatic heterocycles. The fourth-order valence-electron chi connectivity index (χ4n) is 2.19.